The molecule has 3 aromatic carbocycles. The van der Waals surface area contributed by atoms with Gasteiger partial charge in [0.1, 0.15) is 18.7 Å². The first kappa shape index (κ1) is 28.8. The van der Waals surface area contributed by atoms with Gasteiger partial charge in [-0.1, -0.05) is 92.7 Å². The molecule has 8 heteroatoms. The Morgan fingerprint density at radius 1 is 0.850 bits per heavy atom. The number of fused-ring (bicyclic) bond motifs is 3. The lowest BCUT2D eigenvalue weighted by Gasteiger charge is -2.26. The maximum atomic E-state index is 13.3. The minimum atomic E-state index is -1.11. The van der Waals surface area contributed by atoms with Gasteiger partial charge in [-0.3, -0.25) is 9.69 Å². The highest BCUT2D eigenvalue weighted by Gasteiger charge is 2.31. The Morgan fingerprint density at radius 2 is 1.43 bits per heavy atom. The highest BCUT2D eigenvalue weighted by atomic mass is 16.5. The third kappa shape index (κ3) is 7.27. The Balaban J connectivity index is 1.45. The van der Waals surface area contributed by atoms with Crippen molar-refractivity contribution in [3.8, 4) is 11.1 Å². The normalized spacial score (nSPS) is 13.8. The average molecular weight is 544 g/mol. The second kappa shape index (κ2) is 13.3. The fourth-order valence-electron chi connectivity index (χ4n) is 5.21. The summed E-state index contributed by atoms with van der Waals surface area (Å²) in [5, 5.41) is 14.9. The third-order valence-corrected chi connectivity index (χ3v) is 7.06. The average Bonchev–Trinajstić information content (AvgIpc) is 3.25. The molecule has 4 rings (SSSR count). The molecule has 3 aromatic rings. The summed E-state index contributed by atoms with van der Waals surface area (Å²) in [5.74, 6) is -1.73. The van der Waals surface area contributed by atoms with Crippen LogP contribution >= 0.6 is 0 Å². The number of carboxylic acids is 1. The van der Waals surface area contributed by atoms with Crippen LogP contribution in [-0.2, 0) is 20.9 Å². The van der Waals surface area contributed by atoms with E-state index in [0.717, 1.165) is 27.8 Å². The van der Waals surface area contributed by atoms with E-state index < -0.39 is 30.1 Å². The molecule has 1 aliphatic carbocycles. The fraction of sp³-hybridized carbons (Fsp3) is 0.344. The molecule has 2 atom stereocenters. The number of nitrogens with zero attached hydrogens (tertiary/aromatic N) is 1. The molecule has 0 bridgehead atoms. The molecule has 1 aliphatic rings. The van der Waals surface area contributed by atoms with Gasteiger partial charge in [-0.15, -0.1) is 0 Å². The molecule has 3 N–H and O–H groups in total. The maximum absolute atomic E-state index is 13.3. The van der Waals surface area contributed by atoms with Crippen LogP contribution in [0.2, 0.25) is 0 Å². The molecule has 8 nitrogen and oxygen atoms in total. The first-order valence-corrected chi connectivity index (χ1v) is 13.6. The van der Waals surface area contributed by atoms with E-state index in [1.807, 2.05) is 92.5 Å². The van der Waals surface area contributed by atoms with Gasteiger partial charge in [0, 0.05) is 19.0 Å². The van der Waals surface area contributed by atoms with Crippen molar-refractivity contribution in [2.24, 2.45) is 5.92 Å². The Labute approximate surface area is 235 Å². The highest BCUT2D eigenvalue weighted by Crippen LogP contribution is 2.44. The summed E-state index contributed by atoms with van der Waals surface area (Å²) in [4.78, 5) is 40.0. The number of benzene rings is 3. The van der Waals surface area contributed by atoms with Crippen molar-refractivity contribution in [1.29, 1.82) is 0 Å². The first-order valence-electron chi connectivity index (χ1n) is 13.6. The van der Waals surface area contributed by atoms with Crippen molar-refractivity contribution in [3.63, 3.8) is 0 Å². The number of rotatable bonds is 12. The lowest BCUT2D eigenvalue weighted by atomic mass is 9.98. The largest absolute Gasteiger partial charge is 0.480 e. The maximum Gasteiger partial charge on any atom is 0.407 e. The fourth-order valence-corrected chi connectivity index (χ4v) is 5.21. The molecule has 0 fully saturated rings. The number of aliphatic carboxylic acids is 1. The minimum absolute atomic E-state index is 0.0655. The van der Waals surface area contributed by atoms with Gasteiger partial charge in [0.05, 0.1) is 0 Å². The SMILES string of the molecule is CC(C)CC(NC(=O)C(CN(C)Cc1ccccc1)NC(=O)OCC1c2ccccc2-c2ccccc21)C(=O)O. The summed E-state index contributed by atoms with van der Waals surface area (Å²) in [7, 11) is 1.84. The number of hydrogen-bond donors (Lipinski definition) is 3. The number of carbonyl (C=O) groups excluding carboxylic acids is 2. The monoisotopic (exact) mass is 543 g/mol. The number of amides is 2. The van der Waals surface area contributed by atoms with Crippen LogP contribution < -0.4 is 10.6 Å². The quantitative estimate of drug-likeness (QED) is 0.307. The summed E-state index contributed by atoms with van der Waals surface area (Å²) >= 11 is 0. The minimum Gasteiger partial charge on any atom is -0.480 e. The van der Waals surface area contributed by atoms with Gasteiger partial charge in [0.15, 0.2) is 0 Å². The van der Waals surface area contributed by atoms with Crippen molar-refractivity contribution in [1.82, 2.24) is 15.5 Å². The molecule has 0 aliphatic heterocycles. The zero-order valence-corrected chi connectivity index (χ0v) is 23.2. The van der Waals surface area contributed by atoms with E-state index in [-0.39, 0.29) is 31.4 Å². The van der Waals surface area contributed by atoms with Gasteiger partial charge < -0.3 is 20.5 Å². The predicted octanol–water partition coefficient (Wildman–Crippen LogP) is 4.64. The van der Waals surface area contributed by atoms with Crippen LogP contribution in [0, 0.1) is 5.92 Å². The Kier molecular flexibility index (Phi) is 9.56. The van der Waals surface area contributed by atoms with Crippen LogP contribution in [0.1, 0.15) is 42.9 Å². The van der Waals surface area contributed by atoms with Crippen molar-refractivity contribution in [2.45, 2.75) is 44.8 Å². The molecule has 2 unspecified atom stereocenters. The Bertz CT molecular complexity index is 1280. The van der Waals surface area contributed by atoms with Crippen LogP contribution in [0.15, 0.2) is 78.9 Å². The Hall–Kier alpha value is -4.17. The lowest BCUT2D eigenvalue weighted by molar-refractivity contribution is -0.142. The number of hydrogen-bond acceptors (Lipinski definition) is 5. The van der Waals surface area contributed by atoms with Gasteiger partial charge in [-0.25, -0.2) is 9.59 Å². The number of ether oxygens (including phenoxy) is 1. The zero-order valence-electron chi connectivity index (χ0n) is 23.2. The topological polar surface area (TPSA) is 108 Å². The predicted molar refractivity (Wildman–Crippen MR) is 154 cm³/mol. The highest BCUT2D eigenvalue weighted by molar-refractivity contribution is 5.89. The molecular weight excluding hydrogens is 506 g/mol. The second-order valence-electron chi connectivity index (χ2n) is 10.7. The number of carbonyl (C=O) groups is 3. The molecule has 0 radical (unpaired) electrons. The summed E-state index contributed by atoms with van der Waals surface area (Å²) < 4.78 is 5.67. The van der Waals surface area contributed by atoms with E-state index in [2.05, 4.69) is 22.8 Å². The number of nitrogens with one attached hydrogen (secondary N) is 2. The van der Waals surface area contributed by atoms with Gasteiger partial charge in [0.2, 0.25) is 5.91 Å². The van der Waals surface area contributed by atoms with Gasteiger partial charge in [-0.2, -0.15) is 0 Å². The Morgan fingerprint density at radius 3 is 2.00 bits per heavy atom. The number of alkyl carbamates (subject to hydrolysis) is 1. The molecular formula is C32H37N3O5. The summed E-state index contributed by atoms with van der Waals surface area (Å²) in [6, 6.07) is 23.8. The number of likely N-dealkylation sites (N-methyl/N-ethyl adjacent to an activating group) is 1. The molecule has 0 aromatic heterocycles. The van der Waals surface area contributed by atoms with Crippen LogP contribution in [-0.4, -0.2) is 60.3 Å². The van der Waals surface area contributed by atoms with Crippen molar-refractivity contribution in [3.05, 3.63) is 95.6 Å². The molecule has 2 amide bonds. The van der Waals surface area contributed by atoms with E-state index in [0.29, 0.717) is 6.54 Å². The standard InChI is InChI=1S/C32H37N3O5/c1-21(2)17-28(31(37)38)33-30(36)29(19-35(3)18-22-11-5-4-6-12-22)34-32(39)40-20-27-25-15-9-7-13-23(25)24-14-8-10-16-26(24)27/h4-16,21,27-29H,17-20H2,1-3H3,(H,33,36)(H,34,39)(H,37,38). The summed E-state index contributed by atoms with van der Waals surface area (Å²) in [6.45, 7) is 4.60. The van der Waals surface area contributed by atoms with Gasteiger partial charge in [-0.05, 0) is 47.2 Å². The van der Waals surface area contributed by atoms with Crippen LogP contribution in [0.25, 0.3) is 11.1 Å². The third-order valence-electron chi connectivity index (χ3n) is 7.06. The lowest BCUT2D eigenvalue weighted by Crippen LogP contribution is -2.55. The van der Waals surface area contributed by atoms with E-state index in [1.54, 1.807) is 0 Å². The molecule has 0 spiro atoms. The van der Waals surface area contributed by atoms with Crippen molar-refractivity contribution in [2.75, 3.05) is 20.2 Å². The zero-order chi connectivity index (χ0) is 28.6. The van der Waals surface area contributed by atoms with Crippen molar-refractivity contribution < 1.29 is 24.2 Å². The van der Waals surface area contributed by atoms with E-state index >= 15 is 0 Å². The molecule has 40 heavy (non-hydrogen) atoms. The first-order chi connectivity index (χ1) is 19.2. The van der Waals surface area contributed by atoms with Crippen molar-refractivity contribution >= 4 is 18.0 Å². The van der Waals surface area contributed by atoms with Gasteiger partial charge in [0.25, 0.3) is 0 Å². The van der Waals surface area contributed by atoms with Crippen LogP contribution in [0.5, 0.6) is 0 Å². The summed E-state index contributed by atoms with van der Waals surface area (Å²) in [6.07, 6.45) is -0.454. The number of carboxylic acid groups (broad SMARTS) is 1. The van der Waals surface area contributed by atoms with Crippen LogP contribution in [0.4, 0.5) is 4.79 Å². The second-order valence-corrected chi connectivity index (χ2v) is 10.7. The van der Waals surface area contributed by atoms with E-state index in [1.165, 1.54) is 0 Å². The van der Waals surface area contributed by atoms with Crippen LogP contribution in [0.3, 0.4) is 0 Å². The smallest absolute Gasteiger partial charge is 0.407 e. The molecule has 0 saturated heterocycles. The van der Waals surface area contributed by atoms with Gasteiger partial charge >= 0.3 is 12.1 Å². The summed E-state index contributed by atoms with van der Waals surface area (Å²) in [5.41, 5.74) is 5.47. The van der Waals surface area contributed by atoms with E-state index in [4.69, 9.17) is 4.74 Å². The van der Waals surface area contributed by atoms with E-state index in [9.17, 15) is 19.5 Å². The molecule has 210 valence electrons. The molecule has 0 heterocycles. The molecule has 0 saturated carbocycles.